The molecule has 1 amide bonds. The predicted molar refractivity (Wildman–Crippen MR) is 109 cm³/mol. The highest BCUT2D eigenvalue weighted by atomic mass is 32.1. The van der Waals surface area contributed by atoms with Gasteiger partial charge in [0.05, 0.1) is 24.9 Å². The fourth-order valence-corrected chi connectivity index (χ4v) is 4.24. The topological polar surface area (TPSA) is 93.4 Å². The Hall–Kier alpha value is -2.62. The third-order valence-corrected chi connectivity index (χ3v) is 5.94. The molecule has 3 aromatic rings. The Morgan fingerprint density at radius 3 is 2.69 bits per heavy atom. The van der Waals surface area contributed by atoms with Gasteiger partial charge < -0.3 is 14.5 Å². The number of ether oxygens (including phenoxy) is 1. The second-order valence-electron chi connectivity index (χ2n) is 6.83. The normalized spacial score (nSPS) is 15.9. The van der Waals surface area contributed by atoms with Crippen LogP contribution >= 0.6 is 11.3 Å². The Morgan fingerprint density at radius 1 is 1.24 bits per heavy atom. The van der Waals surface area contributed by atoms with E-state index in [0.29, 0.717) is 41.2 Å². The van der Waals surface area contributed by atoms with Gasteiger partial charge in [-0.15, -0.1) is 11.3 Å². The molecule has 4 rings (SSSR count). The van der Waals surface area contributed by atoms with Crippen molar-refractivity contribution < 1.29 is 13.9 Å². The third-order valence-electron chi connectivity index (χ3n) is 4.79. The van der Waals surface area contributed by atoms with Crippen molar-refractivity contribution in [3.63, 3.8) is 0 Å². The van der Waals surface area contributed by atoms with Crippen LogP contribution in [0.15, 0.2) is 35.0 Å². The van der Waals surface area contributed by atoms with Gasteiger partial charge in [-0.05, 0) is 32.0 Å². The minimum Gasteiger partial charge on any atom is -0.465 e. The van der Waals surface area contributed by atoms with Crippen molar-refractivity contribution in [2.24, 2.45) is 0 Å². The zero-order chi connectivity index (χ0) is 20.2. The number of carbonyl (C=O) groups excluding carboxylic acids is 1. The molecule has 0 aromatic carbocycles. The number of rotatable bonds is 6. The Bertz CT molecular complexity index is 966. The lowest BCUT2D eigenvalue weighted by Gasteiger charge is -2.33. The summed E-state index contributed by atoms with van der Waals surface area (Å²) in [4.78, 5) is 28.6. The molecule has 0 radical (unpaired) electrons. The van der Waals surface area contributed by atoms with Crippen LogP contribution in [0.4, 0.5) is 0 Å². The molecule has 9 heteroatoms. The van der Waals surface area contributed by atoms with Crippen molar-refractivity contribution in [1.29, 1.82) is 0 Å². The number of aryl methyl sites for hydroxylation is 2. The summed E-state index contributed by atoms with van der Waals surface area (Å²) in [7, 11) is 0. The molecule has 1 aliphatic rings. The van der Waals surface area contributed by atoms with Crippen molar-refractivity contribution in [2.75, 3.05) is 32.8 Å². The van der Waals surface area contributed by atoms with Crippen LogP contribution in [0.25, 0.3) is 10.8 Å². The number of nitrogens with zero attached hydrogens (tertiary/aromatic N) is 4. The average Bonchev–Trinajstić information content (AvgIpc) is 3.35. The molecular weight excluding hydrogens is 390 g/mol. The first kappa shape index (κ1) is 19.7. The first-order valence-corrected chi connectivity index (χ1v) is 10.3. The number of amides is 1. The molecule has 0 bridgehead atoms. The highest BCUT2D eigenvalue weighted by molar-refractivity contribution is 7.17. The van der Waals surface area contributed by atoms with Crippen molar-refractivity contribution >= 4 is 17.2 Å². The van der Waals surface area contributed by atoms with E-state index in [1.165, 1.54) is 11.3 Å². The molecule has 0 saturated carbocycles. The number of thiazole rings is 1. The fraction of sp³-hybridized carbons (Fsp3) is 0.400. The number of morpholine rings is 1. The van der Waals surface area contributed by atoms with Crippen LogP contribution in [-0.2, 0) is 4.74 Å². The monoisotopic (exact) mass is 413 g/mol. The minimum absolute atomic E-state index is 0.0401. The van der Waals surface area contributed by atoms with Crippen LogP contribution in [0.2, 0.25) is 0 Å². The van der Waals surface area contributed by atoms with Crippen LogP contribution in [0.1, 0.15) is 32.9 Å². The van der Waals surface area contributed by atoms with Gasteiger partial charge in [-0.2, -0.15) is 0 Å². The average molecular weight is 414 g/mol. The number of hydrogen-bond acceptors (Lipinski definition) is 8. The second kappa shape index (κ2) is 8.81. The molecule has 4 heterocycles. The van der Waals surface area contributed by atoms with Crippen molar-refractivity contribution in [2.45, 2.75) is 19.9 Å². The largest absolute Gasteiger partial charge is 0.465 e. The van der Waals surface area contributed by atoms with E-state index < -0.39 is 0 Å². The second-order valence-corrected chi connectivity index (χ2v) is 7.83. The van der Waals surface area contributed by atoms with Crippen LogP contribution in [0.5, 0.6) is 0 Å². The highest BCUT2D eigenvalue weighted by Crippen LogP contribution is 2.26. The Morgan fingerprint density at radius 2 is 2.00 bits per heavy atom. The first-order chi connectivity index (χ1) is 14.1. The lowest BCUT2D eigenvalue weighted by Crippen LogP contribution is -2.43. The lowest BCUT2D eigenvalue weighted by atomic mass is 10.1. The molecule has 1 aliphatic heterocycles. The quantitative estimate of drug-likeness (QED) is 0.664. The zero-order valence-corrected chi connectivity index (χ0v) is 17.2. The molecule has 1 unspecified atom stereocenters. The molecule has 0 aliphatic carbocycles. The van der Waals surface area contributed by atoms with E-state index in [9.17, 15) is 4.79 Å². The standard InChI is InChI=1S/C20H23N5O3S/c1-13-4-5-16(28-13)15(25-8-10-27-11-9-25)12-23-19(26)17-14(2)24-20(29-17)18-21-6-3-7-22-18/h3-7,15H,8-12H2,1-2H3,(H,23,26). The Kier molecular flexibility index (Phi) is 5.98. The molecule has 8 nitrogen and oxygen atoms in total. The minimum atomic E-state index is -0.149. The van der Waals surface area contributed by atoms with Gasteiger partial charge in [0.25, 0.3) is 5.91 Å². The number of nitrogens with one attached hydrogen (secondary N) is 1. The maximum atomic E-state index is 12.9. The Labute approximate surface area is 173 Å². The highest BCUT2D eigenvalue weighted by Gasteiger charge is 2.26. The van der Waals surface area contributed by atoms with Crippen molar-refractivity contribution in [1.82, 2.24) is 25.2 Å². The van der Waals surface area contributed by atoms with Crippen LogP contribution in [-0.4, -0.2) is 58.6 Å². The van der Waals surface area contributed by atoms with E-state index in [1.54, 1.807) is 18.5 Å². The molecular formula is C20H23N5O3S. The van der Waals surface area contributed by atoms with Gasteiger partial charge in [-0.1, -0.05) is 0 Å². The van der Waals surface area contributed by atoms with E-state index >= 15 is 0 Å². The van der Waals surface area contributed by atoms with Gasteiger partial charge >= 0.3 is 0 Å². The summed E-state index contributed by atoms with van der Waals surface area (Å²) in [5.74, 6) is 2.08. The third kappa shape index (κ3) is 4.52. The van der Waals surface area contributed by atoms with Crippen molar-refractivity contribution in [3.8, 4) is 10.8 Å². The first-order valence-electron chi connectivity index (χ1n) is 9.53. The summed E-state index contributed by atoms with van der Waals surface area (Å²) in [6, 6.07) is 5.63. The fourth-order valence-electron chi connectivity index (χ4n) is 3.31. The summed E-state index contributed by atoms with van der Waals surface area (Å²) in [6.45, 7) is 7.15. The summed E-state index contributed by atoms with van der Waals surface area (Å²) in [5, 5.41) is 3.70. The number of carbonyl (C=O) groups is 1. The smallest absolute Gasteiger partial charge is 0.263 e. The van der Waals surface area contributed by atoms with Crippen LogP contribution in [0, 0.1) is 13.8 Å². The number of furan rings is 1. The van der Waals surface area contributed by atoms with E-state index in [0.717, 1.165) is 24.6 Å². The molecule has 1 saturated heterocycles. The molecule has 152 valence electrons. The SMILES string of the molecule is Cc1ccc(C(CNC(=O)c2sc(-c3ncccn3)nc2C)N2CCOCC2)o1. The van der Waals surface area contributed by atoms with Crippen molar-refractivity contribution in [3.05, 3.63) is 52.7 Å². The molecule has 3 aromatic heterocycles. The summed E-state index contributed by atoms with van der Waals surface area (Å²) in [5.41, 5.74) is 0.673. The van der Waals surface area contributed by atoms with Gasteiger partial charge in [0.15, 0.2) is 10.8 Å². The van der Waals surface area contributed by atoms with E-state index in [2.05, 4.69) is 25.2 Å². The van der Waals surface area contributed by atoms with E-state index in [4.69, 9.17) is 9.15 Å². The van der Waals surface area contributed by atoms with Gasteiger partial charge in [-0.25, -0.2) is 15.0 Å². The van der Waals surface area contributed by atoms with Crippen LogP contribution < -0.4 is 5.32 Å². The van der Waals surface area contributed by atoms with Gasteiger partial charge in [0, 0.05) is 32.0 Å². The lowest BCUT2D eigenvalue weighted by molar-refractivity contribution is 0.0117. The van der Waals surface area contributed by atoms with Gasteiger partial charge in [-0.3, -0.25) is 9.69 Å². The Balaban J connectivity index is 1.49. The predicted octanol–water partition coefficient (Wildman–Crippen LogP) is 2.61. The summed E-state index contributed by atoms with van der Waals surface area (Å²) >= 11 is 1.30. The van der Waals surface area contributed by atoms with Crippen LogP contribution in [0.3, 0.4) is 0 Å². The molecule has 1 fully saturated rings. The molecule has 0 spiro atoms. The van der Waals surface area contributed by atoms with Gasteiger partial charge in [0.1, 0.15) is 16.4 Å². The number of hydrogen-bond donors (Lipinski definition) is 1. The summed E-state index contributed by atoms with van der Waals surface area (Å²) in [6.07, 6.45) is 3.33. The maximum Gasteiger partial charge on any atom is 0.263 e. The van der Waals surface area contributed by atoms with E-state index in [-0.39, 0.29) is 11.9 Å². The van der Waals surface area contributed by atoms with Gasteiger partial charge in [0.2, 0.25) is 0 Å². The summed E-state index contributed by atoms with van der Waals surface area (Å²) < 4.78 is 11.3. The molecule has 29 heavy (non-hydrogen) atoms. The molecule has 1 N–H and O–H groups in total. The zero-order valence-electron chi connectivity index (χ0n) is 16.4. The number of aromatic nitrogens is 3. The maximum absolute atomic E-state index is 12.9. The molecule has 1 atom stereocenters. The van der Waals surface area contributed by atoms with E-state index in [1.807, 2.05) is 26.0 Å².